The largest absolute Gasteiger partial charge is 0.481 e. The summed E-state index contributed by atoms with van der Waals surface area (Å²) in [5.41, 5.74) is 4.41. The van der Waals surface area contributed by atoms with E-state index >= 15 is 0 Å². The van der Waals surface area contributed by atoms with E-state index in [-0.39, 0.29) is 5.91 Å². The van der Waals surface area contributed by atoms with Crippen LogP contribution in [0.2, 0.25) is 0 Å². The minimum absolute atomic E-state index is 0.313. The summed E-state index contributed by atoms with van der Waals surface area (Å²) < 4.78 is 6.64. The zero-order chi connectivity index (χ0) is 20.4. The van der Waals surface area contributed by atoms with Crippen LogP contribution in [-0.4, -0.2) is 37.9 Å². The third kappa shape index (κ3) is 4.24. The van der Waals surface area contributed by atoms with Gasteiger partial charge in [-0.2, -0.15) is 5.01 Å². The van der Waals surface area contributed by atoms with Crippen molar-refractivity contribution in [1.29, 1.82) is 0 Å². The number of hydrazine groups is 1. The van der Waals surface area contributed by atoms with Gasteiger partial charge in [-0.1, -0.05) is 53.4 Å². The SMILES string of the molecule is O=C(O)COc1ccccc1C=C1SC(=S)N(Nc2nc3ccccc3s2)C1=O. The smallest absolute Gasteiger partial charge is 0.341 e. The van der Waals surface area contributed by atoms with Crippen molar-refractivity contribution in [2.45, 2.75) is 0 Å². The zero-order valence-corrected chi connectivity index (χ0v) is 17.1. The highest BCUT2D eigenvalue weighted by atomic mass is 32.2. The van der Waals surface area contributed by atoms with Crippen LogP contribution >= 0.6 is 35.3 Å². The van der Waals surface area contributed by atoms with Crippen molar-refractivity contribution >= 4 is 72.9 Å². The lowest BCUT2D eigenvalue weighted by molar-refractivity contribution is -0.139. The maximum absolute atomic E-state index is 12.8. The van der Waals surface area contributed by atoms with E-state index in [1.54, 1.807) is 30.3 Å². The number of anilines is 1. The average molecular weight is 444 g/mol. The fraction of sp³-hybridized carbons (Fsp3) is 0.0526. The van der Waals surface area contributed by atoms with E-state index in [4.69, 9.17) is 22.1 Å². The normalized spacial score (nSPS) is 15.3. The van der Waals surface area contributed by atoms with Gasteiger partial charge in [-0.3, -0.25) is 10.2 Å². The van der Waals surface area contributed by atoms with Crippen molar-refractivity contribution < 1.29 is 19.4 Å². The zero-order valence-electron chi connectivity index (χ0n) is 14.7. The number of benzene rings is 2. The number of carboxylic acids is 1. The number of amides is 1. The molecule has 0 bridgehead atoms. The van der Waals surface area contributed by atoms with Gasteiger partial charge in [0.1, 0.15) is 5.75 Å². The van der Waals surface area contributed by atoms with Gasteiger partial charge in [0.05, 0.1) is 15.1 Å². The molecule has 4 rings (SSSR count). The van der Waals surface area contributed by atoms with Gasteiger partial charge >= 0.3 is 5.97 Å². The predicted octanol–water partition coefficient (Wildman–Crippen LogP) is 3.99. The van der Waals surface area contributed by atoms with Crippen LogP contribution in [0.15, 0.2) is 53.4 Å². The van der Waals surface area contributed by atoms with Crippen LogP contribution in [0.5, 0.6) is 5.75 Å². The lowest BCUT2D eigenvalue weighted by Gasteiger charge is -2.14. The number of hydrogen-bond acceptors (Lipinski definition) is 8. The Balaban J connectivity index is 1.56. The summed E-state index contributed by atoms with van der Waals surface area (Å²) in [5, 5.41) is 10.7. The second-order valence-corrected chi connectivity index (χ2v) is 8.54. The summed E-state index contributed by atoms with van der Waals surface area (Å²) in [6.07, 6.45) is 1.64. The molecule has 1 fully saturated rings. The van der Waals surface area contributed by atoms with Crippen LogP contribution in [0.1, 0.15) is 5.56 Å². The van der Waals surface area contributed by atoms with Crippen LogP contribution in [0.25, 0.3) is 16.3 Å². The molecule has 0 atom stereocenters. The van der Waals surface area contributed by atoms with Crippen LogP contribution in [0.4, 0.5) is 5.13 Å². The number of rotatable bonds is 6. The molecule has 1 aliphatic rings. The molecule has 146 valence electrons. The number of aromatic nitrogens is 1. The van der Waals surface area contributed by atoms with Gasteiger partial charge in [-0.15, -0.1) is 0 Å². The fourth-order valence-electron chi connectivity index (χ4n) is 2.59. The number of ether oxygens (including phenoxy) is 1. The standard InChI is InChI=1S/C19H13N3O4S3/c23-16(24)10-26-13-7-3-1-5-11(13)9-15-17(25)22(19(27)29-15)21-18-20-12-6-2-4-8-14(12)28-18/h1-9H,10H2,(H,20,21)(H,23,24). The van der Waals surface area contributed by atoms with Crippen LogP contribution in [-0.2, 0) is 9.59 Å². The summed E-state index contributed by atoms with van der Waals surface area (Å²) in [6, 6.07) is 14.6. The Labute approximate surface area is 179 Å². The summed E-state index contributed by atoms with van der Waals surface area (Å²) in [5.74, 6) is -1.02. The molecular formula is C19H13N3O4S3. The number of nitrogens with zero attached hydrogens (tertiary/aromatic N) is 2. The first-order valence-corrected chi connectivity index (χ1v) is 10.4. The Bertz CT molecular complexity index is 1130. The molecule has 0 saturated carbocycles. The van der Waals surface area contributed by atoms with E-state index in [0.29, 0.717) is 25.7 Å². The average Bonchev–Trinajstić information content (AvgIpc) is 3.23. The number of carboxylic acid groups (broad SMARTS) is 1. The molecule has 10 heteroatoms. The van der Waals surface area contributed by atoms with Crippen molar-refractivity contribution in [2.75, 3.05) is 12.0 Å². The lowest BCUT2D eigenvalue weighted by Crippen LogP contribution is -2.33. The summed E-state index contributed by atoms with van der Waals surface area (Å²) >= 11 is 7.91. The third-order valence-electron chi connectivity index (χ3n) is 3.85. The van der Waals surface area contributed by atoms with Gasteiger partial charge in [0.2, 0.25) is 5.13 Å². The maximum Gasteiger partial charge on any atom is 0.341 e. The molecule has 1 saturated heterocycles. The number of thiocarbonyl (C=S) groups is 1. The maximum atomic E-state index is 12.8. The molecule has 0 aliphatic carbocycles. The van der Waals surface area contributed by atoms with Gasteiger partial charge in [-0.25, -0.2) is 9.78 Å². The predicted molar refractivity (Wildman–Crippen MR) is 118 cm³/mol. The van der Waals surface area contributed by atoms with Crippen molar-refractivity contribution in [3.63, 3.8) is 0 Å². The highest BCUT2D eigenvalue weighted by molar-refractivity contribution is 8.26. The van der Waals surface area contributed by atoms with Crippen molar-refractivity contribution in [3.8, 4) is 5.75 Å². The van der Waals surface area contributed by atoms with E-state index in [1.165, 1.54) is 16.3 Å². The minimum Gasteiger partial charge on any atom is -0.481 e. The molecule has 0 spiro atoms. The number of nitrogens with one attached hydrogen (secondary N) is 1. The highest BCUT2D eigenvalue weighted by Gasteiger charge is 2.33. The molecule has 3 aromatic rings. The van der Waals surface area contributed by atoms with Gasteiger partial charge in [-0.05, 0) is 36.5 Å². The highest BCUT2D eigenvalue weighted by Crippen LogP contribution is 2.35. The fourth-order valence-corrected chi connectivity index (χ4v) is 4.62. The Hall–Kier alpha value is -2.95. The van der Waals surface area contributed by atoms with Crippen LogP contribution in [0, 0.1) is 0 Å². The number of aliphatic carboxylic acids is 1. The van der Waals surface area contributed by atoms with E-state index in [0.717, 1.165) is 22.0 Å². The van der Waals surface area contributed by atoms with Crippen LogP contribution in [0.3, 0.4) is 0 Å². The molecule has 1 aromatic heterocycles. The Morgan fingerprint density at radius 3 is 2.79 bits per heavy atom. The Morgan fingerprint density at radius 1 is 1.24 bits per heavy atom. The number of fused-ring (bicyclic) bond motifs is 1. The van der Waals surface area contributed by atoms with Gasteiger partial charge in [0.25, 0.3) is 5.91 Å². The molecule has 2 N–H and O–H groups in total. The quantitative estimate of drug-likeness (QED) is 0.437. The second-order valence-electron chi connectivity index (χ2n) is 5.84. The minimum atomic E-state index is -1.08. The molecule has 0 unspecified atom stereocenters. The van der Waals surface area contributed by atoms with Crippen LogP contribution < -0.4 is 10.2 Å². The number of carbonyl (C=O) groups is 2. The number of para-hydroxylation sites is 2. The Kier molecular flexibility index (Phi) is 5.47. The summed E-state index contributed by atoms with van der Waals surface area (Å²) in [4.78, 5) is 28.5. The van der Waals surface area contributed by atoms with Gasteiger partial charge < -0.3 is 9.84 Å². The topological polar surface area (TPSA) is 91.8 Å². The first-order valence-electron chi connectivity index (χ1n) is 8.35. The summed E-state index contributed by atoms with van der Waals surface area (Å²) in [7, 11) is 0. The van der Waals surface area contributed by atoms with Crippen molar-refractivity contribution in [1.82, 2.24) is 9.99 Å². The Morgan fingerprint density at radius 2 is 2.00 bits per heavy atom. The van der Waals surface area contributed by atoms with E-state index < -0.39 is 12.6 Å². The number of thioether (sulfide) groups is 1. The van der Waals surface area contributed by atoms with E-state index in [9.17, 15) is 9.59 Å². The third-order valence-corrected chi connectivity index (χ3v) is 6.10. The lowest BCUT2D eigenvalue weighted by atomic mass is 10.2. The molecule has 2 heterocycles. The first-order chi connectivity index (χ1) is 14.0. The van der Waals surface area contributed by atoms with E-state index in [1.807, 2.05) is 24.3 Å². The second kappa shape index (κ2) is 8.19. The van der Waals surface area contributed by atoms with Crippen molar-refractivity contribution in [2.24, 2.45) is 0 Å². The summed E-state index contributed by atoms with van der Waals surface area (Å²) in [6.45, 7) is -0.467. The number of hydrogen-bond donors (Lipinski definition) is 2. The number of carbonyl (C=O) groups excluding carboxylic acids is 1. The van der Waals surface area contributed by atoms with Gasteiger partial charge in [0, 0.05) is 5.56 Å². The molecule has 1 amide bonds. The monoisotopic (exact) mass is 443 g/mol. The first kappa shape index (κ1) is 19.4. The molecular weight excluding hydrogens is 430 g/mol. The number of thiazole rings is 1. The molecule has 7 nitrogen and oxygen atoms in total. The molecule has 2 aromatic carbocycles. The molecule has 0 radical (unpaired) electrons. The molecule has 1 aliphatic heterocycles. The van der Waals surface area contributed by atoms with Crippen molar-refractivity contribution in [3.05, 3.63) is 59.0 Å². The molecule has 29 heavy (non-hydrogen) atoms. The van der Waals surface area contributed by atoms with E-state index in [2.05, 4.69) is 10.4 Å². The van der Waals surface area contributed by atoms with Gasteiger partial charge in [0.15, 0.2) is 10.9 Å².